The Morgan fingerprint density at radius 3 is 2.51 bits per heavy atom. The molecule has 5 heterocycles. The minimum atomic E-state index is -3.86. The number of piperidine rings is 2. The number of amides is 4. The standard InChI is InChI=1S/C36H34ClF3N8O5/c1-46(18-22-14-21-19-48(35(52)26(21)16-28(22)38)30-6-7-31(49)44-34(30)51)24-9-12-47(13-10-24)32-27(29-8-11-42-45-29)15-20(17-41-32)33(50)43-23-2-4-25(5-3-23)53-36(37,39)40/h2-5,8,11,14-17,24,30H,6-7,9-10,12-13,18-19H2,1H3,(H,42,45)(H,43,50)(H,44,49,51). The normalized spacial score (nSPS) is 18.0. The predicted molar refractivity (Wildman–Crippen MR) is 187 cm³/mol. The van der Waals surface area contributed by atoms with E-state index in [0.717, 1.165) is 12.8 Å². The van der Waals surface area contributed by atoms with Gasteiger partial charge in [-0.25, -0.2) is 9.37 Å². The van der Waals surface area contributed by atoms with Gasteiger partial charge in [-0.1, -0.05) is 0 Å². The average Bonchev–Trinajstić information content (AvgIpc) is 3.77. The molecule has 4 amide bonds. The number of nitrogens with zero attached hydrogens (tertiary/aromatic N) is 5. The van der Waals surface area contributed by atoms with E-state index < -0.39 is 35.1 Å². The Bertz CT molecular complexity index is 2050. The Labute approximate surface area is 306 Å². The molecule has 1 atom stereocenters. The van der Waals surface area contributed by atoms with Crippen molar-refractivity contribution in [1.82, 2.24) is 30.3 Å². The van der Waals surface area contributed by atoms with Crippen LogP contribution in [0.5, 0.6) is 5.75 Å². The number of imide groups is 1. The Morgan fingerprint density at radius 2 is 1.83 bits per heavy atom. The number of hydrogen-bond donors (Lipinski definition) is 3. The minimum absolute atomic E-state index is 0.119. The lowest BCUT2D eigenvalue weighted by Crippen LogP contribution is -2.52. The number of H-pyrrole nitrogens is 1. The summed E-state index contributed by atoms with van der Waals surface area (Å²) in [4.78, 5) is 60.6. The van der Waals surface area contributed by atoms with Crippen LogP contribution in [0, 0.1) is 5.82 Å². The van der Waals surface area contributed by atoms with E-state index >= 15 is 4.39 Å². The van der Waals surface area contributed by atoms with Gasteiger partial charge >= 0.3 is 5.57 Å². The Morgan fingerprint density at radius 1 is 1.08 bits per heavy atom. The van der Waals surface area contributed by atoms with Gasteiger partial charge in [-0.15, -0.1) is 8.78 Å². The average molecular weight is 751 g/mol. The largest absolute Gasteiger partial charge is 0.487 e. The molecule has 0 radical (unpaired) electrons. The molecule has 0 bridgehead atoms. The van der Waals surface area contributed by atoms with E-state index in [4.69, 9.17) is 11.6 Å². The molecular formula is C36H34ClF3N8O5. The lowest BCUT2D eigenvalue weighted by Gasteiger charge is -2.38. The van der Waals surface area contributed by atoms with Crippen LogP contribution < -0.4 is 20.3 Å². The molecular weight excluding hydrogens is 717 g/mol. The van der Waals surface area contributed by atoms with E-state index in [2.05, 4.69) is 40.4 Å². The minimum Gasteiger partial charge on any atom is -0.420 e. The predicted octanol–water partition coefficient (Wildman–Crippen LogP) is 4.89. The van der Waals surface area contributed by atoms with Gasteiger partial charge in [0, 0.05) is 85.0 Å². The number of pyridine rings is 1. The molecule has 3 N–H and O–H groups in total. The quantitative estimate of drug-likeness (QED) is 0.152. The van der Waals surface area contributed by atoms with E-state index in [1.54, 1.807) is 24.4 Å². The molecule has 2 aromatic heterocycles. The molecule has 3 aliphatic rings. The second kappa shape index (κ2) is 14.5. The summed E-state index contributed by atoms with van der Waals surface area (Å²) >= 11 is 4.82. The number of carbonyl (C=O) groups is 4. The summed E-state index contributed by atoms with van der Waals surface area (Å²) in [5.41, 5.74) is -0.592. The van der Waals surface area contributed by atoms with Crippen molar-refractivity contribution in [3.05, 3.63) is 89.0 Å². The first-order valence-electron chi connectivity index (χ1n) is 16.9. The summed E-state index contributed by atoms with van der Waals surface area (Å²) in [6, 6.07) is 11.1. The van der Waals surface area contributed by atoms with Gasteiger partial charge in [0.25, 0.3) is 11.8 Å². The van der Waals surface area contributed by atoms with Crippen molar-refractivity contribution in [3.8, 4) is 17.0 Å². The molecule has 276 valence electrons. The molecule has 13 nitrogen and oxygen atoms in total. The number of anilines is 2. The Kier molecular flexibility index (Phi) is 9.83. The SMILES string of the molecule is CN(Cc1cc2c(cc1F)C(=O)N(C1CCC(=O)NC1=O)C2)C1CCN(c2ncc(C(=O)Nc3ccc(OC(F)(F)Cl)cc3)cc2-c2ccn[nH]2)CC1. The van der Waals surface area contributed by atoms with E-state index in [1.165, 1.54) is 41.4 Å². The number of fused-ring (bicyclic) bond motifs is 1. The summed E-state index contributed by atoms with van der Waals surface area (Å²) < 4.78 is 45.6. The van der Waals surface area contributed by atoms with Gasteiger partial charge < -0.3 is 19.9 Å². The topological polar surface area (TPSA) is 153 Å². The van der Waals surface area contributed by atoms with Crippen molar-refractivity contribution in [3.63, 3.8) is 0 Å². The van der Waals surface area contributed by atoms with Gasteiger partial charge in [0.1, 0.15) is 23.4 Å². The molecule has 0 saturated carbocycles. The highest BCUT2D eigenvalue weighted by molar-refractivity contribution is 6.20. The van der Waals surface area contributed by atoms with Crippen LogP contribution >= 0.6 is 11.6 Å². The molecule has 4 aromatic rings. The Balaban J connectivity index is 0.995. The second-order valence-corrected chi connectivity index (χ2v) is 13.7. The van der Waals surface area contributed by atoms with Crippen LogP contribution in [0.15, 0.2) is 60.9 Å². The molecule has 3 aliphatic heterocycles. The molecule has 7 rings (SSSR count). The maximum Gasteiger partial charge on any atom is 0.487 e. The maximum atomic E-state index is 15.4. The van der Waals surface area contributed by atoms with Gasteiger partial charge in [-0.3, -0.25) is 34.5 Å². The summed E-state index contributed by atoms with van der Waals surface area (Å²) in [5.74, 6) is -1.77. The van der Waals surface area contributed by atoms with Crippen LogP contribution in [0.25, 0.3) is 11.3 Å². The fourth-order valence-electron chi connectivity index (χ4n) is 7.06. The molecule has 53 heavy (non-hydrogen) atoms. The third-order valence-electron chi connectivity index (χ3n) is 9.76. The third kappa shape index (κ3) is 7.83. The number of carbonyl (C=O) groups excluding carboxylic acids is 4. The van der Waals surface area contributed by atoms with Crippen LogP contribution in [0.2, 0.25) is 0 Å². The van der Waals surface area contributed by atoms with Crippen molar-refractivity contribution >= 4 is 46.7 Å². The van der Waals surface area contributed by atoms with E-state index in [9.17, 15) is 28.0 Å². The number of benzene rings is 2. The lowest BCUT2D eigenvalue weighted by atomic mass is 10.0. The number of ether oxygens (including phenoxy) is 1. The highest BCUT2D eigenvalue weighted by Crippen LogP contribution is 2.34. The van der Waals surface area contributed by atoms with Gasteiger partial charge in [-0.05, 0) is 80.4 Å². The van der Waals surface area contributed by atoms with Gasteiger partial charge in [0.05, 0.1) is 11.3 Å². The van der Waals surface area contributed by atoms with Crippen LogP contribution in [-0.2, 0) is 22.7 Å². The Hall–Kier alpha value is -5.48. The first-order chi connectivity index (χ1) is 25.3. The summed E-state index contributed by atoms with van der Waals surface area (Å²) in [6.45, 7) is 1.75. The molecule has 2 aromatic carbocycles. The first kappa shape index (κ1) is 35.9. The second-order valence-electron chi connectivity index (χ2n) is 13.2. The van der Waals surface area contributed by atoms with Crippen LogP contribution in [0.3, 0.4) is 0 Å². The molecule has 1 unspecified atom stereocenters. The molecule has 0 spiro atoms. The number of alkyl halides is 3. The summed E-state index contributed by atoms with van der Waals surface area (Å²) in [5, 5.41) is 12.0. The molecule has 2 fully saturated rings. The molecule has 17 heteroatoms. The number of halogens is 4. The first-order valence-corrected chi connectivity index (χ1v) is 17.3. The van der Waals surface area contributed by atoms with Crippen LogP contribution in [0.1, 0.15) is 57.5 Å². The zero-order valence-corrected chi connectivity index (χ0v) is 29.1. The van der Waals surface area contributed by atoms with Crippen LogP contribution in [0.4, 0.5) is 24.7 Å². The zero-order valence-electron chi connectivity index (χ0n) is 28.4. The number of hydrogen-bond acceptors (Lipinski definition) is 9. The molecule has 2 saturated heterocycles. The van der Waals surface area contributed by atoms with E-state index in [1.807, 2.05) is 7.05 Å². The van der Waals surface area contributed by atoms with Crippen molar-refractivity contribution in [2.24, 2.45) is 0 Å². The smallest absolute Gasteiger partial charge is 0.420 e. The number of aromatic nitrogens is 3. The highest BCUT2D eigenvalue weighted by Gasteiger charge is 2.40. The maximum absolute atomic E-state index is 15.4. The van der Waals surface area contributed by atoms with Gasteiger partial charge in [0.15, 0.2) is 0 Å². The van der Waals surface area contributed by atoms with E-state index in [-0.39, 0.29) is 48.2 Å². The monoisotopic (exact) mass is 750 g/mol. The van der Waals surface area contributed by atoms with Gasteiger partial charge in [0.2, 0.25) is 11.8 Å². The van der Waals surface area contributed by atoms with E-state index in [0.29, 0.717) is 53.5 Å². The zero-order chi connectivity index (χ0) is 37.4. The van der Waals surface area contributed by atoms with Crippen LogP contribution in [-0.4, -0.2) is 86.4 Å². The fraction of sp³-hybridized carbons (Fsp3) is 0.333. The molecule has 0 aliphatic carbocycles. The lowest BCUT2D eigenvalue weighted by molar-refractivity contribution is -0.136. The van der Waals surface area contributed by atoms with Crippen molar-refractivity contribution in [1.29, 1.82) is 0 Å². The van der Waals surface area contributed by atoms with Crippen molar-refractivity contribution < 1.29 is 37.1 Å². The third-order valence-corrected chi connectivity index (χ3v) is 9.84. The highest BCUT2D eigenvalue weighted by atomic mass is 35.5. The number of rotatable bonds is 10. The van der Waals surface area contributed by atoms with Crippen molar-refractivity contribution in [2.75, 3.05) is 30.4 Å². The number of nitrogens with one attached hydrogen (secondary N) is 3. The summed E-state index contributed by atoms with van der Waals surface area (Å²) in [6.07, 6.45) is 4.93. The fourth-order valence-corrected chi connectivity index (χ4v) is 7.15. The van der Waals surface area contributed by atoms with Crippen molar-refractivity contribution in [2.45, 2.75) is 56.4 Å². The summed E-state index contributed by atoms with van der Waals surface area (Å²) in [7, 11) is 1.93. The number of aromatic amines is 1. The van der Waals surface area contributed by atoms with Gasteiger partial charge in [-0.2, -0.15) is 5.10 Å².